The normalized spacial score (nSPS) is 22.2. The van der Waals surface area contributed by atoms with Crippen molar-refractivity contribution in [3.63, 3.8) is 0 Å². The molecule has 0 radical (unpaired) electrons. The molecule has 1 aromatic carbocycles. The third-order valence-corrected chi connectivity index (χ3v) is 5.11. The Bertz CT molecular complexity index is 557. The number of likely N-dealkylation sites (tertiary alicyclic amines) is 1. The van der Waals surface area contributed by atoms with Crippen LogP contribution in [0.2, 0.25) is 0 Å². The minimum atomic E-state index is -0.129. The second-order valence-electron chi connectivity index (χ2n) is 6.03. The van der Waals surface area contributed by atoms with Crippen molar-refractivity contribution in [2.75, 3.05) is 26.7 Å². The summed E-state index contributed by atoms with van der Waals surface area (Å²) in [5.74, 6) is -0.0955. The molecule has 1 fully saturated rings. The lowest BCUT2D eigenvalue weighted by Gasteiger charge is -2.27. The number of benzene rings is 1. The first-order valence-electron chi connectivity index (χ1n) is 7.96. The van der Waals surface area contributed by atoms with Crippen molar-refractivity contribution in [2.45, 2.75) is 25.8 Å². The number of nitrogens with one attached hydrogen (secondary N) is 2. The van der Waals surface area contributed by atoms with Gasteiger partial charge < -0.3 is 15.0 Å². The first-order valence-corrected chi connectivity index (χ1v) is 8.75. The van der Waals surface area contributed by atoms with Gasteiger partial charge in [-0.15, -0.1) is 0 Å². The van der Waals surface area contributed by atoms with Crippen molar-refractivity contribution in [3.05, 3.63) is 34.3 Å². The summed E-state index contributed by atoms with van der Waals surface area (Å²) in [5, 5.41) is 3.05. The number of quaternary nitrogens is 1. The molecule has 1 aromatic rings. The van der Waals surface area contributed by atoms with Crippen LogP contribution in [0.5, 0.6) is 0 Å². The van der Waals surface area contributed by atoms with E-state index in [1.165, 1.54) is 12.0 Å². The molecule has 126 valence electrons. The Morgan fingerprint density at radius 2 is 2.00 bits per heavy atom. The number of methoxy groups -OCH3 is 1. The van der Waals surface area contributed by atoms with Crippen LogP contribution in [-0.4, -0.2) is 38.6 Å². The van der Waals surface area contributed by atoms with Crippen LogP contribution in [0.4, 0.5) is 0 Å². The zero-order valence-electron chi connectivity index (χ0n) is 13.6. The molecule has 1 saturated heterocycles. The summed E-state index contributed by atoms with van der Waals surface area (Å²) in [6.45, 7) is 4.09. The van der Waals surface area contributed by atoms with Crippen molar-refractivity contribution in [3.8, 4) is 0 Å². The maximum absolute atomic E-state index is 12.2. The van der Waals surface area contributed by atoms with Crippen LogP contribution in [-0.2, 0) is 14.3 Å². The standard InChI is InChI=1S/C17H23BrN2O3/c1-12(14-5-3-4-6-15(14)18)19-16(21)11-20-9-7-13(8-10-20)17(22)23-2/h3-6,12-13H,7-11H2,1-2H3,(H,19,21)/p+1/t12-/m1/s1. The predicted octanol–water partition coefficient (Wildman–Crippen LogP) is 1.09. The summed E-state index contributed by atoms with van der Waals surface area (Å²) in [4.78, 5) is 25.0. The lowest BCUT2D eigenvalue weighted by Crippen LogP contribution is -3.14. The van der Waals surface area contributed by atoms with Crippen molar-refractivity contribution in [1.82, 2.24) is 5.32 Å². The number of halogens is 1. The average molecular weight is 384 g/mol. The van der Waals surface area contributed by atoms with Gasteiger partial charge in [-0.25, -0.2) is 0 Å². The van der Waals surface area contributed by atoms with E-state index in [1.54, 1.807) is 0 Å². The van der Waals surface area contributed by atoms with Gasteiger partial charge in [0.25, 0.3) is 5.91 Å². The van der Waals surface area contributed by atoms with E-state index < -0.39 is 0 Å². The highest BCUT2D eigenvalue weighted by Crippen LogP contribution is 2.22. The number of hydrogen-bond donors (Lipinski definition) is 2. The molecule has 23 heavy (non-hydrogen) atoms. The van der Waals surface area contributed by atoms with Gasteiger partial charge in [0, 0.05) is 17.3 Å². The van der Waals surface area contributed by atoms with E-state index in [4.69, 9.17) is 4.74 Å². The molecule has 2 rings (SSSR count). The first-order chi connectivity index (χ1) is 11.0. The fourth-order valence-electron chi connectivity index (χ4n) is 3.03. The number of hydrogen-bond acceptors (Lipinski definition) is 3. The summed E-state index contributed by atoms with van der Waals surface area (Å²) < 4.78 is 5.79. The van der Waals surface area contributed by atoms with E-state index in [9.17, 15) is 9.59 Å². The molecule has 0 spiro atoms. The number of esters is 1. The summed E-state index contributed by atoms with van der Waals surface area (Å²) in [6, 6.07) is 7.86. The molecule has 1 amide bonds. The number of carbonyl (C=O) groups is 2. The van der Waals surface area contributed by atoms with E-state index in [0.29, 0.717) is 6.54 Å². The molecule has 5 nitrogen and oxygen atoms in total. The summed E-state index contributed by atoms with van der Waals surface area (Å²) in [5.41, 5.74) is 1.07. The topological polar surface area (TPSA) is 59.8 Å². The molecule has 1 aliphatic heterocycles. The average Bonchev–Trinajstić information content (AvgIpc) is 2.55. The van der Waals surface area contributed by atoms with Gasteiger partial charge in [-0.2, -0.15) is 0 Å². The summed E-state index contributed by atoms with van der Waals surface area (Å²) in [7, 11) is 1.43. The van der Waals surface area contributed by atoms with Crippen LogP contribution in [0, 0.1) is 5.92 Å². The number of amides is 1. The Morgan fingerprint density at radius 3 is 2.61 bits per heavy atom. The second-order valence-corrected chi connectivity index (χ2v) is 6.89. The Kier molecular flexibility index (Phi) is 6.59. The molecule has 1 aliphatic rings. The van der Waals surface area contributed by atoms with E-state index in [-0.39, 0.29) is 23.8 Å². The quantitative estimate of drug-likeness (QED) is 0.748. The van der Waals surface area contributed by atoms with Gasteiger partial charge in [0.05, 0.1) is 32.2 Å². The van der Waals surface area contributed by atoms with Crippen LogP contribution >= 0.6 is 15.9 Å². The molecular weight excluding hydrogens is 360 g/mol. The molecular formula is C17H24BrN2O3+. The largest absolute Gasteiger partial charge is 0.469 e. The van der Waals surface area contributed by atoms with E-state index in [2.05, 4.69) is 21.2 Å². The fraction of sp³-hybridized carbons (Fsp3) is 0.529. The van der Waals surface area contributed by atoms with Gasteiger partial charge in [0.15, 0.2) is 6.54 Å². The smallest absolute Gasteiger partial charge is 0.309 e. The van der Waals surface area contributed by atoms with Crippen molar-refractivity contribution >= 4 is 27.8 Å². The number of carbonyl (C=O) groups excluding carboxylic acids is 2. The fourth-order valence-corrected chi connectivity index (χ4v) is 3.66. The summed E-state index contributed by atoms with van der Waals surface area (Å²) in [6.07, 6.45) is 1.57. The van der Waals surface area contributed by atoms with Crippen molar-refractivity contribution < 1.29 is 19.2 Å². The number of ether oxygens (including phenoxy) is 1. The molecule has 2 N–H and O–H groups in total. The Morgan fingerprint density at radius 1 is 1.35 bits per heavy atom. The number of piperidine rings is 1. The second kappa shape index (κ2) is 8.45. The monoisotopic (exact) mass is 383 g/mol. The molecule has 0 bridgehead atoms. The minimum absolute atomic E-state index is 0.00833. The Labute approximate surface area is 145 Å². The molecule has 1 atom stereocenters. The lowest BCUT2D eigenvalue weighted by atomic mass is 9.97. The van der Waals surface area contributed by atoms with Crippen LogP contribution in [0.25, 0.3) is 0 Å². The highest BCUT2D eigenvalue weighted by Gasteiger charge is 2.29. The van der Waals surface area contributed by atoms with Gasteiger partial charge in [-0.1, -0.05) is 34.1 Å². The van der Waals surface area contributed by atoms with Gasteiger partial charge >= 0.3 is 5.97 Å². The van der Waals surface area contributed by atoms with Crippen LogP contribution < -0.4 is 10.2 Å². The third kappa shape index (κ3) is 5.04. The van der Waals surface area contributed by atoms with Crippen LogP contribution in [0.15, 0.2) is 28.7 Å². The highest BCUT2D eigenvalue weighted by molar-refractivity contribution is 9.10. The van der Waals surface area contributed by atoms with Crippen LogP contribution in [0.1, 0.15) is 31.4 Å². The van der Waals surface area contributed by atoms with Gasteiger partial charge in [-0.3, -0.25) is 9.59 Å². The van der Waals surface area contributed by atoms with E-state index in [1.807, 2.05) is 31.2 Å². The lowest BCUT2D eigenvalue weighted by molar-refractivity contribution is -0.897. The first kappa shape index (κ1) is 17.9. The van der Waals surface area contributed by atoms with Crippen LogP contribution in [0.3, 0.4) is 0 Å². The summed E-state index contributed by atoms with van der Waals surface area (Å²) >= 11 is 3.51. The molecule has 0 unspecified atom stereocenters. The van der Waals surface area contributed by atoms with E-state index >= 15 is 0 Å². The SMILES string of the molecule is COC(=O)C1CC[NH+](CC(=O)N[C@H](C)c2ccccc2Br)CC1. The number of rotatable bonds is 5. The molecule has 6 heteroatoms. The molecule has 1 heterocycles. The highest BCUT2D eigenvalue weighted by atomic mass is 79.9. The van der Waals surface area contributed by atoms with E-state index in [0.717, 1.165) is 36.0 Å². The van der Waals surface area contributed by atoms with Crippen molar-refractivity contribution in [1.29, 1.82) is 0 Å². The predicted molar refractivity (Wildman–Crippen MR) is 91.0 cm³/mol. The van der Waals surface area contributed by atoms with Crippen molar-refractivity contribution in [2.24, 2.45) is 5.92 Å². The Balaban J connectivity index is 1.80. The van der Waals surface area contributed by atoms with Gasteiger partial charge in [0.2, 0.25) is 0 Å². The molecule has 0 aliphatic carbocycles. The van der Waals surface area contributed by atoms with Gasteiger partial charge in [-0.05, 0) is 18.6 Å². The Hall–Kier alpha value is -1.40. The van der Waals surface area contributed by atoms with Gasteiger partial charge in [0.1, 0.15) is 0 Å². The molecule has 0 aromatic heterocycles. The maximum atomic E-state index is 12.2. The maximum Gasteiger partial charge on any atom is 0.309 e. The third-order valence-electron chi connectivity index (χ3n) is 4.39. The molecule has 0 saturated carbocycles. The zero-order chi connectivity index (χ0) is 16.8. The zero-order valence-corrected chi connectivity index (χ0v) is 15.2. The minimum Gasteiger partial charge on any atom is -0.469 e.